The fourth-order valence-electron chi connectivity index (χ4n) is 3.65. The predicted molar refractivity (Wildman–Crippen MR) is 132 cm³/mol. The third-order valence-corrected chi connectivity index (χ3v) is 4.91. The maximum Gasteiger partial charge on any atom is 0.309 e. The van der Waals surface area contributed by atoms with E-state index in [1.165, 1.54) is 6.92 Å². The molecule has 0 saturated carbocycles. The van der Waals surface area contributed by atoms with E-state index in [1.807, 2.05) is 75.4 Å². The maximum atomic E-state index is 12.3. The quantitative estimate of drug-likeness (QED) is 0.448. The van der Waals surface area contributed by atoms with Gasteiger partial charge in [-0.2, -0.15) is 9.78 Å². The van der Waals surface area contributed by atoms with E-state index in [4.69, 9.17) is 9.84 Å². The molecule has 1 amide bonds. The summed E-state index contributed by atoms with van der Waals surface area (Å²) in [5.74, 6) is 0.335. The van der Waals surface area contributed by atoms with Gasteiger partial charge in [-0.15, -0.1) is 0 Å². The number of amides is 1. The summed E-state index contributed by atoms with van der Waals surface area (Å²) in [5.41, 5.74) is 3.97. The molecule has 1 N–H and O–H groups in total. The minimum atomic E-state index is -0.407. The number of carbonyl (C=O) groups is 2. The molecule has 3 rings (SSSR count). The summed E-state index contributed by atoms with van der Waals surface area (Å²) in [5, 5.41) is 7.79. The lowest BCUT2D eigenvalue weighted by molar-refractivity contribution is -0.132. The summed E-state index contributed by atoms with van der Waals surface area (Å²) in [4.78, 5) is 24.3. The van der Waals surface area contributed by atoms with Crippen LogP contribution in [-0.2, 0) is 16.0 Å². The van der Waals surface area contributed by atoms with Gasteiger partial charge in [0, 0.05) is 19.0 Å². The van der Waals surface area contributed by atoms with Gasteiger partial charge in [-0.05, 0) is 47.6 Å². The molecule has 6 heteroatoms. The van der Waals surface area contributed by atoms with Crippen molar-refractivity contribution >= 4 is 17.6 Å². The molecule has 0 unspecified atom stereocenters. The molecule has 3 aromatic rings. The van der Waals surface area contributed by atoms with Crippen molar-refractivity contribution < 1.29 is 14.3 Å². The highest BCUT2D eigenvalue weighted by atomic mass is 16.5. The van der Waals surface area contributed by atoms with Crippen molar-refractivity contribution in [2.45, 2.75) is 54.4 Å². The summed E-state index contributed by atoms with van der Waals surface area (Å²) in [6.45, 7) is 11.8. The third-order valence-electron chi connectivity index (χ3n) is 4.91. The van der Waals surface area contributed by atoms with Gasteiger partial charge in [-0.1, -0.05) is 65.0 Å². The van der Waals surface area contributed by atoms with Crippen LogP contribution < -0.4 is 10.1 Å². The zero-order chi connectivity index (χ0) is 24.2. The normalized spacial score (nSPS) is 11.5. The van der Waals surface area contributed by atoms with Gasteiger partial charge < -0.3 is 10.1 Å². The summed E-state index contributed by atoms with van der Waals surface area (Å²) in [7, 11) is 0. The molecule has 0 aliphatic heterocycles. The number of para-hydroxylation sites is 1. The average molecular weight is 448 g/mol. The lowest BCUT2D eigenvalue weighted by atomic mass is 9.92. The Kier molecular flexibility index (Phi) is 7.36. The van der Waals surface area contributed by atoms with Gasteiger partial charge in [-0.25, -0.2) is 0 Å². The van der Waals surface area contributed by atoms with Crippen LogP contribution in [0.4, 0.5) is 5.69 Å². The van der Waals surface area contributed by atoms with Crippen LogP contribution in [0.2, 0.25) is 0 Å². The Hall–Kier alpha value is -3.41. The first-order chi connectivity index (χ1) is 15.5. The number of hydrogen-bond donors (Lipinski definition) is 1. The first-order valence-electron chi connectivity index (χ1n) is 11.3. The first-order valence-corrected chi connectivity index (χ1v) is 11.3. The van der Waals surface area contributed by atoms with Crippen molar-refractivity contribution in [1.82, 2.24) is 9.78 Å². The van der Waals surface area contributed by atoms with Crippen LogP contribution >= 0.6 is 0 Å². The van der Waals surface area contributed by atoms with Gasteiger partial charge in [0.15, 0.2) is 0 Å². The molecule has 0 bridgehead atoms. The number of nitrogens with one attached hydrogen (secondary N) is 1. The van der Waals surface area contributed by atoms with Crippen LogP contribution in [0.1, 0.15) is 53.7 Å². The Balaban J connectivity index is 2.04. The summed E-state index contributed by atoms with van der Waals surface area (Å²) in [6.07, 6.45) is 1.17. The maximum absolute atomic E-state index is 12.3. The summed E-state index contributed by atoms with van der Waals surface area (Å²) < 4.78 is 7.38. The number of anilines is 1. The Morgan fingerprint density at radius 2 is 1.67 bits per heavy atom. The highest BCUT2D eigenvalue weighted by Crippen LogP contribution is 2.37. The number of carbonyl (C=O) groups excluding carboxylic acids is 2. The van der Waals surface area contributed by atoms with Crippen LogP contribution in [0.5, 0.6) is 5.88 Å². The fourth-order valence-corrected chi connectivity index (χ4v) is 3.65. The van der Waals surface area contributed by atoms with Crippen molar-refractivity contribution in [1.29, 1.82) is 0 Å². The van der Waals surface area contributed by atoms with Crippen LogP contribution in [-0.4, -0.2) is 21.7 Å². The molecule has 1 aromatic heterocycles. The molecule has 0 aliphatic carbocycles. The fraction of sp³-hybridized carbons (Fsp3) is 0.370. The van der Waals surface area contributed by atoms with Crippen LogP contribution in [0.3, 0.4) is 0 Å². The number of hydrogen-bond acceptors (Lipinski definition) is 4. The molecule has 0 saturated heterocycles. The molecule has 174 valence electrons. The molecular formula is C27H33N3O3. The Morgan fingerprint density at radius 1 is 1.03 bits per heavy atom. The zero-order valence-corrected chi connectivity index (χ0v) is 20.3. The van der Waals surface area contributed by atoms with Crippen molar-refractivity contribution in [2.75, 3.05) is 5.32 Å². The van der Waals surface area contributed by atoms with Crippen LogP contribution in [0.25, 0.3) is 16.8 Å². The van der Waals surface area contributed by atoms with E-state index in [-0.39, 0.29) is 11.3 Å². The molecule has 6 nitrogen and oxygen atoms in total. The highest BCUT2D eigenvalue weighted by Gasteiger charge is 2.24. The lowest BCUT2D eigenvalue weighted by Gasteiger charge is -2.17. The molecule has 1 heterocycles. The Labute approximate surface area is 196 Å². The molecule has 33 heavy (non-hydrogen) atoms. The lowest BCUT2D eigenvalue weighted by Crippen LogP contribution is -2.19. The van der Waals surface area contributed by atoms with Gasteiger partial charge in [0.05, 0.1) is 16.9 Å². The van der Waals surface area contributed by atoms with E-state index in [0.717, 1.165) is 34.6 Å². The number of nitrogens with zero attached hydrogens (tertiary/aromatic N) is 2. The van der Waals surface area contributed by atoms with E-state index >= 15 is 0 Å². The van der Waals surface area contributed by atoms with Gasteiger partial charge in [0.1, 0.15) is 0 Å². The Bertz CT molecular complexity index is 1110. The second-order valence-corrected chi connectivity index (χ2v) is 9.93. The van der Waals surface area contributed by atoms with Gasteiger partial charge in [0.25, 0.3) is 0 Å². The standard InChI is InChI=1S/C27H33N3O3/c1-18(2)16-23-25(20-12-14-21(15-13-20)28-24(32)17-27(4,5)6)26(33-19(3)31)30(29-23)22-10-8-7-9-11-22/h7-15,18H,16-17H2,1-6H3,(H,28,32). The van der Waals surface area contributed by atoms with Crippen molar-refractivity contribution in [3.05, 3.63) is 60.3 Å². The second kappa shape index (κ2) is 10.0. The molecule has 2 aromatic carbocycles. The number of benzene rings is 2. The second-order valence-electron chi connectivity index (χ2n) is 9.93. The molecule has 0 spiro atoms. The molecule has 0 atom stereocenters. The predicted octanol–water partition coefficient (Wildman–Crippen LogP) is 6.04. The van der Waals surface area contributed by atoms with Gasteiger partial charge >= 0.3 is 5.97 Å². The molecule has 0 fully saturated rings. The Morgan fingerprint density at radius 3 is 2.21 bits per heavy atom. The number of ether oxygens (including phenoxy) is 1. The number of esters is 1. The highest BCUT2D eigenvalue weighted by molar-refractivity contribution is 5.91. The average Bonchev–Trinajstić information content (AvgIpc) is 3.04. The number of aromatic nitrogens is 2. The summed E-state index contributed by atoms with van der Waals surface area (Å²) in [6, 6.07) is 17.2. The van der Waals surface area contributed by atoms with Crippen molar-refractivity contribution in [3.63, 3.8) is 0 Å². The monoisotopic (exact) mass is 447 g/mol. The molecule has 0 radical (unpaired) electrons. The van der Waals surface area contributed by atoms with Crippen molar-refractivity contribution in [3.8, 4) is 22.7 Å². The number of rotatable bonds is 7. The van der Waals surface area contributed by atoms with E-state index < -0.39 is 5.97 Å². The van der Waals surface area contributed by atoms with E-state index in [9.17, 15) is 9.59 Å². The summed E-state index contributed by atoms with van der Waals surface area (Å²) >= 11 is 0. The van der Waals surface area contributed by atoms with E-state index in [0.29, 0.717) is 18.2 Å². The van der Waals surface area contributed by atoms with Gasteiger partial charge in [0.2, 0.25) is 11.8 Å². The minimum Gasteiger partial charge on any atom is -0.407 e. The zero-order valence-electron chi connectivity index (χ0n) is 20.3. The topological polar surface area (TPSA) is 73.2 Å². The van der Waals surface area contributed by atoms with E-state index in [2.05, 4.69) is 19.2 Å². The third kappa shape index (κ3) is 6.54. The molecule has 0 aliphatic rings. The first kappa shape index (κ1) is 24.2. The van der Waals surface area contributed by atoms with Gasteiger partial charge in [-0.3, -0.25) is 9.59 Å². The van der Waals surface area contributed by atoms with E-state index in [1.54, 1.807) is 4.68 Å². The largest absolute Gasteiger partial charge is 0.407 e. The SMILES string of the molecule is CC(=O)Oc1c(-c2ccc(NC(=O)CC(C)(C)C)cc2)c(CC(C)C)nn1-c1ccccc1. The molecular weight excluding hydrogens is 414 g/mol. The van der Waals surface area contributed by atoms with Crippen LogP contribution in [0, 0.1) is 11.3 Å². The van der Waals surface area contributed by atoms with Crippen LogP contribution in [0.15, 0.2) is 54.6 Å². The van der Waals surface area contributed by atoms with Crippen molar-refractivity contribution in [2.24, 2.45) is 11.3 Å². The minimum absolute atomic E-state index is 0.0201. The smallest absolute Gasteiger partial charge is 0.309 e.